The molecule has 0 amide bonds. The second kappa shape index (κ2) is 26.9. The molecule has 0 radical (unpaired) electrons. The molecule has 3 aliphatic heterocycles. The maximum absolute atomic E-state index is 12.8. The van der Waals surface area contributed by atoms with Gasteiger partial charge in [0.1, 0.15) is 193 Å². The molecule has 32 nitrogen and oxygen atoms in total. The smallest absolute Gasteiger partial charge is 0.197 e. The zero-order valence-electron chi connectivity index (χ0n) is 48.5. The van der Waals surface area contributed by atoms with Gasteiger partial charge in [0.25, 0.3) is 0 Å². The highest BCUT2D eigenvalue weighted by molar-refractivity contribution is 5.90. The molecule has 3 aromatic heterocycles. The van der Waals surface area contributed by atoms with Crippen LogP contribution in [0.4, 0.5) is 0 Å². The van der Waals surface area contributed by atoms with Crippen LogP contribution in [0.15, 0.2) is 125 Å². The quantitative estimate of drug-likeness (QED) is 0.0824. The van der Waals surface area contributed by atoms with Crippen LogP contribution in [0, 0.1) is 0 Å². The van der Waals surface area contributed by atoms with Gasteiger partial charge in [-0.1, -0.05) is 12.1 Å². The summed E-state index contributed by atoms with van der Waals surface area (Å²) in [6, 6.07) is 19.3. The Kier molecular flexibility index (Phi) is 19.2. The van der Waals surface area contributed by atoms with E-state index >= 15 is 0 Å². The summed E-state index contributed by atoms with van der Waals surface area (Å²) in [6.45, 7) is -2.15. The Morgan fingerprint density at radius 2 is 0.632 bits per heavy atom. The van der Waals surface area contributed by atoms with E-state index in [1.165, 1.54) is 36.4 Å². The van der Waals surface area contributed by atoms with Gasteiger partial charge in [-0.2, -0.15) is 0 Å². The minimum atomic E-state index is -1.80. The molecule has 32 heteroatoms. The zero-order chi connectivity index (χ0) is 69.1. The van der Waals surface area contributed by atoms with Crippen molar-refractivity contribution in [1.82, 2.24) is 0 Å². The number of aromatic hydroxyl groups is 11. The number of aliphatic hydroxyl groups excluding tert-OH is 12. The summed E-state index contributed by atoms with van der Waals surface area (Å²) in [4.78, 5) is 38.3. The lowest BCUT2D eigenvalue weighted by atomic mass is 9.89. The predicted octanol–water partition coefficient (Wildman–Crippen LogP) is -0.314. The summed E-state index contributed by atoms with van der Waals surface area (Å²) in [5.41, 5.74) is -3.34. The number of phenolic OH excluding ortho intramolecular Hbond substituents is 11. The number of aliphatic hydroxyl groups is 12. The van der Waals surface area contributed by atoms with Crippen molar-refractivity contribution < 1.29 is 145 Å². The molecule has 0 spiro atoms. The first-order valence-corrected chi connectivity index (χ1v) is 28.3. The lowest BCUT2D eigenvalue weighted by Crippen LogP contribution is -2.55. The van der Waals surface area contributed by atoms with Crippen molar-refractivity contribution in [2.24, 2.45) is 0 Å². The van der Waals surface area contributed by atoms with Crippen LogP contribution in [0.5, 0.6) is 63.2 Å². The predicted molar refractivity (Wildman–Crippen MR) is 320 cm³/mol. The molecular weight excluding hydrogens is 1270 g/mol. The molecule has 6 heterocycles. The fraction of sp³-hybridized carbons (Fsp3) is 0.286. The van der Waals surface area contributed by atoms with E-state index in [9.17, 15) is 132 Å². The first-order valence-electron chi connectivity index (χ1n) is 28.3. The fourth-order valence-electron chi connectivity index (χ4n) is 11.3. The van der Waals surface area contributed by atoms with Crippen molar-refractivity contribution in [3.8, 4) is 97.2 Å². The Labute approximate surface area is 529 Å². The minimum Gasteiger partial charge on any atom is -0.508 e. The third kappa shape index (κ3) is 12.7. The van der Waals surface area contributed by atoms with Gasteiger partial charge in [0.05, 0.1) is 36.5 Å². The van der Waals surface area contributed by atoms with Crippen LogP contribution in [0.2, 0.25) is 0 Å². The van der Waals surface area contributed by atoms with Crippen LogP contribution in [-0.4, -0.2) is 211 Å². The molecule has 3 saturated heterocycles. The van der Waals surface area contributed by atoms with E-state index in [2.05, 4.69) is 0 Å². The van der Waals surface area contributed by atoms with Crippen molar-refractivity contribution in [2.75, 3.05) is 19.8 Å². The highest BCUT2D eigenvalue weighted by atomic mass is 16.6. The van der Waals surface area contributed by atoms with E-state index in [4.69, 9.17) is 27.5 Å². The number of hydrogen-bond acceptors (Lipinski definition) is 32. The van der Waals surface area contributed by atoms with E-state index in [0.717, 1.165) is 48.5 Å². The standard InChI is InChI=1S/2C21H20O11.C21H20O10/c22-6-14-17(27)19(29)20(30)21(32-14)16-11(26)5-13-15(18(16)28)10(25)4-12(31-13)7-1-8(23)3-9(24)2-7;22-6-14-17(27)19(29)20(30)21(32-14)16-11(26)5-13-15(18(16)28)10(25)4-12(31-13)7-1-2-8(23)9(24)3-7;22-7-14-17(26)19(28)20(29)21(31-14)16-11(25)6-13-15(18(16)27)10(24)5-12(30-13)8-2-1-3-9(23)4-8/h2*1-5,14,17,19-24,26-30H,6H2;1-6,14,17,19-23,25-29H,7H2/t3*14-,17-,19+,20+,21+/m111/s1. The summed E-state index contributed by atoms with van der Waals surface area (Å²) in [7, 11) is 0. The van der Waals surface area contributed by atoms with Gasteiger partial charge in [0.15, 0.2) is 27.8 Å². The molecule has 0 saturated carbocycles. The molecule has 0 aliphatic carbocycles. The third-order valence-electron chi connectivity index (χ3n) is 16.1. The highest BCUT2D eigenvalue weighted by Gasteiger charge is 2.49. The van der Waals surface area contributed by atoms with E-state index in [0.29, 0.717) is 5.56 Å². The maximum atomic E-state index is 12.8. The largest absolute Gasteiger partial charge is 0.508 e. The van der Waals surface area contributed by atoms with Crippen LogP contribution in [-0.2, 0) is 14.2 Å². The maximum Gasteiger partial charge on any atom is 0.197 e. The Balaban J connectivity index is 0.000000155. The minimum absolute atomic E-state index is 0.0304. The lowest BCUT2D eigenvalue weighted by molar-refractivity contribution is -0.232. The molecule has 12 rings (SSSR count). The zero-order valence-corrected chi connectivity index (χ0v) is 48.5. The topological polar surface area (TPSA) is 584 Å². The summed E-state index contributed by atoms with van der Waals surface area (Å²) < 4.78 is 32.9. The van der Waals surface area contributed by atoms with Gasteiger partial charge in [0, 0.05) is 59.2 Å². The second-order valence-electron chi connectivity index (χ2n) is 22.3. The average Bonchev–Trinajstić information content (AvgIpc) is 0.762. The van der Waals surface area contributed by atoms with Crippen LogP contribution < -0.4 is 16.3 Å². The fourth-order valence-corrected chi connectivity index (χ4v) is 11.3. The Morgan fingerprint density at radius 1 is 0.305 bits per heavy atom. The third-order valence-corrected chi connectivity index (χ3v) is 16.1. The first kappa shape index (κ1) is 68.0. The van der Waals surface area contributed by atoms with Crippen molar-refractivity contribution >= 4 is 32.9 Å². The molecule has 504 valence electrons. The number of rotatable bonds is 9. The van der Waals surface area contributed by atoms with Crippen molar-refractivity contribution in [2.45, 2.75) is 91.6 Å². The number of benzene rings is 6. The van der Waals surface area contributed by atoms with Gasteiger partial charge in [-0.15, -0.1) is 0 Å². The molecule has 3 fully saturated rings. The molecule has 6 aromatic carbocycles. The summed E-state index contributed by atoms with van der Waals surface area (Å²) in [5.74, 6) is -5.70. The number of phenols is 11. The average molecular weight is 1330 g/mol. The monoisotopic (exact) mass is 1330 g/mol. The van der Waals surface area contributed by atoms with Gasteiger partial charge in [-0.05, 0) is 42.5 Å². The Bertz CT molecular complexity index is 4540. The molecule has 0 unspecified atom stereocenters. The van der Waals surface area contributed by atoms with Gasteiger partial charge in [-0.3, -0.25) is 14.4 Å². The van der Waals surface area contributed by atoms with Crippen LogP contribution in [0.1, 0.15) is 35.0 Å². The number of hydrogen-bond donors (Lipinski definition) is 23. The van der Waals surface area contributed by atoms with E-state index < -0.39 is 185 Å². The van der Waals surface area contributed by atoms with Gasteiger partial charge >= 0.3 is 0 Å². The van der Waals surface area contributed by atoms with E-state index in [1.54, 1.807) is 12.1 Å². The van der Waals surface area contributed by atoms with Crippen molar-refractivity contribution in [1.29, 1.82) is 0 Å². The summed E-state index contributed by atoms with van der Waals surface area (Å²) >= 11 is 0. The highest BCUT2D eigenvalue weighted by Crippen LogP contribution is 2.49. The molecule has 9 aromatic rings. The van der Waals surface area contributed by atoms with Crippen LogP contribution >= 0.6 is 0 Å². The normalized spacial score (nSPS) is 26.0. The molecule has 15 atom stereocenters. The molecule has 3 aliphatic rings. The summed E-state index contributed by atoms with van der Waals surface area (Å²) in [6.07, 6.45) is -24.2. The molecule has 0 bridgehead atoms. The SMILES string of the molecule is O=c1cc(-c2cc(O)cc(O)c2)oc2cc(O)c([C@@H]3O[C@H](CO)[C@@H](O)[C@H](O)[C@@H]3O)c(O)c12.O=c1cc(-c2ccc(O)c(O)c2)oc2cc(O)c([C@@H]3O[C@H](CO)[C@@H](O)[C@H](O)[C@@H]3O)c(O)c12.O=c1cc(-c2cccc(O)c2)oc2cc(O)c([C@@H]3O[C@H](CO)[C@@H](O)[C@H](O)[C@@H]3O)c(O)c12. The van der Waals surface area contributed by atoms with Crippen molar-refractivity contribution in [3.05, 3.63) is 144 Å². The molecule has 23 N–H and O–H groups in total. The van der Waals surface area contributed by atoms with Crippen molar-refractivity contribution in [3.63, 3.8) is 0 Å². The van der Waals surface area contributed by atoms with Gasteiger partial charge in [-0.25, -0.2) is 0 Å². The summed E-state index contributed by atoms with van der Waals surface area (Å²) in [5, 5.41) is 230. The van der Waals surface area contributed by atoms with E-state index in [1.807, 2.05) is 0 Å². The molecule has 95 heavy (non-hydrogen) atoms. The van der Waals surface area contributed by atoms with Crippen LogP contribution in [0.3, 0.4) is 0 Å². The second-order valence-corrected chi connectivity index (χ2v) is 22.3. The number of fused-ring (bicyclic) bond motifs is 3. The van der Waals surface area contributed by atoms with Crippen LogP contribution in [0.25, 0.3) is 66.9 Å². The van der Waals surface area contributed by atoms with E-state index in [-0.39, 0.29) is 84.3 Å². The molecular formula is C63H60O32. The van der Waals surface area contributed by atoms with Gasteiger partial charge in [0.2, 0.25) is 0 Å². The number of ether oxygens (including phenoxy) is 3. The lowest BCUT2D eigenvalue weighted by Gasteiger charge is -2.40. The van der Waals surface area contributed by atoms with Gasteiger partial charge < -0.3 is 145 Å². The Hall–Kier alpha value is -9.85. The Morgan fingerprint density at radius 3 is 0.958 bits per heavy atom. The first-order chi connectivity index (χ1) is 45.0.